The number of rotatable bonds is 7. The Balaban J connectivity index is 0.00000256. The van der Waals surface area contributed by atoms with E-state index in [4.69, 9.17) is 9.47 Å². The van der Waals surface area contributed by atoms with Crippen LogP contribution in [0.5, 0.6) is 11.5 Å². The summed E-state index contributed by atoms with van der Waals surface area (Å²) in [5.41, 5.74) is 2.44. The molecular formula is C22H26IN5O2. The molecule has 7 nitrogen and oxygen atoms in total. The summed E-state index contributed by atoms with van der Waals surface area (Å²) in [6, 6.07) is 16.4. The number of fused-ring (bicyclic) bond motifs is 1. The van der Waals surface area contributed by atoms with Gasteiger partial charge in [0.2, 0.25) is 6.79 Å². The molecule has 0 fully saturated rings. The molecule has 158 valence electrons. The molecule has 4 rings (SSSR count). The van der Waals surface area contributed by atoms with Gasteiger partial charge in [-0.25, -0.2) is 4.98 Å². The lowest BCUT2D eigenvalue weighted by molar-refractivity contribution is 0.174. The summed E-state index contributed by atoms with van der Waals surface area (Å²) >= 11 is 0. The number of hydrogen-bond donors (Lipinski definition) is 2. The molecule has 8 heteroatoms. The summed E-state index contributed by atoms with van der Waals surface area (Å²) in [7, 11) is 1.77. The van der Waals surface area contributed by atoms with Gasteiger partial charge in [0.15, 0.2) is 17.5 Å². The highest BCUT2D eigenvalue weighted by atomic mass is 127. The molecule has 0 amide bonds. The number of aliphatic imine (C=N–C) groups is 1. The second-order valence-corrected chi connectivity index (χ2v) is 6.75. The van der Waals surface area contributed by atoms with Crippen LogP contribution in [0.2, 0.25) is 0 Å². The zero-order valence-corrected chi connectivity index (χ0v) is 19.2. The van der Waals surface area contributed by atoms with Gasteiger partial charge in [-0.2, -0.15) is 0 Å². The van der Waals surface area contributed by atoms with Crippen LogP contribution in [-0.4, -0.2) is 35.9 Å². The Labute approximate surface area is 193 Å². The van der Waals surface area contributed by atoms with Crippen molar-refractivity contribution in [2.75, 3.05) is 20.4 Å². The molecule has 2 heterocycles. The predicted octanol–water partition coefficient (Wildman–Crippen LogP) is 3.19. The minimum Gasteiger partial charge on any atom is -0.454 e. The first-order valence-electron chi connectivity index (χ1n) is 9.69. The Bertz CT molecular complexity index is 975. The van der Waals surface area contributed by atoms with E-state index in [1.165, 1.54) is 11.1 Å². The number of imidazole rings is 1. The van der Waals surface area contributed by atoms with Crippen LogP contribution >= 0.6 is 24.0 Å². The van der Waals surface area contributed by atoms with Crippen LogP contribution in [0.15, 0.2) is 65.9 Å². The third kappa shape index (κ3) is 5.65. The van der Waals surface area contributed by atoms with Gasteiger partial charge < -0.3 is 24.7 Å². The zero-order chi connectivity index (χ0) is 19.9. The van der Waals surface area contributed by atoms with Crippen molar-refractivity contribution in [1.82, 2.24) is 20.2 Å². The number of benzene rings is 2. The average Bonchev–Trinajstić information content (AvgIpc) is 3.40. The lowest BCUT2D eigenvalue weighted by Gasteiger charge is -2.13. The predicted molar refractivity (Wildman–Crippen MR) is 128 cm³/mol. The molecule has 30 heavy (non-hydrogen) atoms. The first-order valence-corrected chi connectivity index (χ1v) is 9.69. The number of aromatic nitrogens is 2. The van der Waals surface area contributed by atoms with E-state index in [0.29, 0.717) is 13.3 Å². The molecule has 1 aliphatic rings. The highest BCUT2D eigenvalue weighted by molar-refractivity contribution is 14.0. The van der Waals surface area contributed by atoms with Crippen molar-refractivity contribution >= 4 is 29.9 Å². The van der Waals surface area contributed by atoms with Crippen LogP contribution < -0.4 is 20.1 Å². The third-order valence-electron chi connectivity index (χ3n) is 4.78. The highest BCUT2D eigenvalue weighted by Gasteiger charge is 2.13. The quantitative estimate of drug-likeness (QED) is 0.285. The number of hydrogen-bond acceptors (Lipinski definition) is 4. The maximum Gasteiger partial charge on any atom is 0.231 e. The van der Waals surface area contributed by atoms with Crippen molar-refractivity contribution in [3.05, 3.63) is 77.9 Å². The molecule has 3 aromatic rings. The monoisotopic (exact) mass is 519 g/mol. The van der Waals surface area contributed by atoms with Crippen molar-refractivity contribution in [3.63, 3.8) is 0 Å². The van der Waals surface area contributed by atoms with Gasteiger partial charge in [-0.15, -0.1) is 24.0 Å². The van der Waals surface area contributed by atoms with Gasteiger partial charge >= 0.3 is 0 Å². The standard InChI is InChI=1S/C22H25N5O2.HI/c1-23-22(25-10-9-17-7-8-19-20(13-17)29-16-28-19)26-14-21-24-11-12-27(21)15-18-5-3-2-4-6-18;/h2-8,11-13H,9-10,14-16H2,1H3,(H2,23,25,26);1H. The molecule has 1 aromatic heterocycles. The molecule has 2 N–H and O–H groups in total. The van der Waals surface area contributed by atoms with Crippen LogP contribution in [0, 0.1) is 0 Å². The fourth-order valence-electron chi connectivity index (χ4n) is 3.24. The van der Waals surface area contributed by atoms with E-state index in [2.05, 4.69) is 55.5 Å². The first-order chi connectivity index (χ1) is 14.3. The Morgan fingerprint density at radius 3 is 2.73 bits per heavy atom. The molecule has 1 aliphatic heterocycles. The zero-order valence-electron chi connectivity index (χ0n) is 16.9. The second-order valence-electron chi connectivity index (χ2n) is 6.75. The Morgan fingerprint density at radius 1 is 1.07 bits per heavy atom. The SMILES string of the molecule is CN=C(NCCc1ccc2c(c1)OCO2)NCc1nccn1Cc1ccccc1.I. The number of nitrogens with zero attached hydrogens (tertiary/aromatic N) is 3. The number of guanidine groups is 1. The lowest BCUT2D eigenvalue weighted by atomic mass is 10.1. The number of halogens is 1. The van der Waals surface area contributed by atoms with Crippen molar-refractivity contribution in [2.45, 2.75) is 19.5 Å². The minimum atomic E-state index is 0. The molecule has 0 unspecified atom stereocenters. The van der Waals surface area contributed by atoms with Crippen molar-refractivity contribution < 1.29 is 9.47 Å². The summed E-state index contributed by atoms with van der Waals surface area (Å²) < 4.78 is 12.9. The highest BCUT2D eigenvalue weighted by Crippen LogP contribution is 2.32. The van der Waals surface area contributed by atoms with Crippen molar-refractivity contribution in [1.29, 1.82) is 0 Å². The van der Waals surface area contributed by atoms with Crippen LogP contribution in [0.25, 0.3) is 0 Å². The van der Waals surface area contributed by atoms with Crippen molar-refractivity contribution in [2.24, 2.45) is 4.99 Å². The smallest absolute Gasteiger partial charge is 0.231 e. The summed E-state index contributed by atoms with van der Waals surface area (Å²) in [5.74, 6) is 3.34. The van der Waals surface area contributed by atoms with Gasteiger partial charge in [0, 0.05) is 32.5 Å². The third-order valence-corrected chi connectivity index (χ3v) is 4.78. The topological polar surface area (TPSA) is 72.7 Å². The maximum atomic E-state index is 5.43. The van der Waals surface area contributed by atoms with Gasteiger partial charge in [-0.3, -0.25) is 4.99 Å². The Hall–Kier alpha value is -2.75. The molecule has 2 aromatic carbocycles. The fraction of sp³-hybridized carbons (Fsp3) is 0.273. The lowest BCUT2D eigenvalue weighted by Crippen LogP contribution is -2.38. The average molecular weight is 519 g/mol. The number of nitrogens with one attached hydrogen (secondary N) is 2. The summed E-state index contributed by atoms with van der Waals surface area (Å²) in [4.78, 5) is 8.77. The Morgan fingerprint density at radius 2 is 1.90 bits per heavy atom. The molecular weight excluding hydrogens is 493 g/mol. The van der Waals surface area contributed by atoms with Gasteiger partial charge in [-0.05, 0) is 29.7 Å². The van der Waals surface area contributed by atoms with E-state index in [1.807, 2.05) is 30.6 Å². The van der Waals surface area contributed by atoms with Gasteiger partial charge in [0.1, 0.15) is 5.82 Å². The molecule has 0 aliphatic carbocycles. The van der Waals surface area contributed by atoms with E-state index in [0.717, 1.165) is 42.8 Å². The van der Waals surface area contributed by atoms with Crippen LogP contribution in [0.4, 0.5) is 0 Å². The first kappa shape index (κ1) is 21.9. The molecule has 0 atom stereocenters. The second kappa shape index (κ2) is 10.9. The van der Waals surface area contributed by atoms with Crippen LogP contribution in [0.3, 0.4) is 0 Å². The van der Waals surface area contributed by atoms with E-state index in [1.54, 1.807) is 7.05 Å². The molecule has 0 bridgehead atoms. The van der Waals surface area contributed by atoms with Gasteiger partial charge in [0.05, 0.1) is 6.54 Å². The Kier molecular flexibility index (Phi) is 7.95. The number of ether oxygens (including phenoxy) is 2. The summed E-state index contributed by atoms with van der Waals surface area (Å²) in [5, 5.41) is 6.68. The van der Waals surface area contributed by atoms with E-state index < -0.39 is 0 Å². The summed E-state index contributed by atoms with van der Waals surface area (Å²) in [6.45, 7) is 2.46. The van der Waals surface area contributed by atoms with E-state index in [-0.39, 0.29) is 24.0 Å². The maximum absolute atomic E-state index is 5.43. The largest absolute Gasteiger partial charge is 0.454 e. The molecule has 0 saturated heterocycles. The van der Waals surface area contributed by atoms with E-state index in [9.17, 15) is 0 Å². The normalized spacial score (nSPS) is 12.4. The van der Waals surface area contributed by atoms with Gasteiger partial charge in [0.25, 0.3) is 0 Å². The van der Waals surface area contributed by atoms with E-state index >= 15 is 0 Å². The summed E-state index contributed by atoms with van der Waals surface area (Å²) in [6.07, 6.45) is 4.69. The van der Waals surface area contributed by atoms with Gasteiger partial charge in [-0.1, -0.05) is 36.4 Å². The molecule has 0 saturated carbocycles. The van der Waals surface area contributed by atoms with Crippen LogP contribution in [0.1, 0.15) is 17.0 Å². The van der Waals surface area contributed by atoms with Crippen molar-refractivity contribution in [3.8, 4) is 11.5 Å². The molecule has 0 spiro atoms. The van der Waals surface area contributed by atoms with Crippen LogP contribution in [-0.2, 0) is 19.5 Å². The minimum absolute atomic E-state index is 0. The molecule has 0 radical (unpaired) electrons. The fourth-order valence-corrected chi connectivity index (χ4v) is 3.24.